The number of amides is 1. The fourth-order valence-electron chi connectivity index (χ4n) is 3.58. The molecule has 2 aromatic rings. The Labute approximate surface area is 165 Å². The molecular formula is C21H25ClN2O3. The van der Waals surface area contributed by atoms with Crippen molar-refractivity contribution >= 4 is 17.5 Å². The number of nitrogens with one attached hydrogen (secondary N) is 1. The van der Waals surface area contributed by atoms with Crippen LogP contribution in [-0.4, -0.2) is 31.2 Å². The maximum absolute atomic E-state index is 13.1. The molecule has 1 amide bonds. The van der Waals surface area contributed by atoms with Gasteiger partial charge in [-0.05, 0) is 36.1 Å². The Hall–Kier alpha value is -2.11. The minimum Gasteiger partial charge on any atom is -0.475 e. The molecule has 1 aromatic heterocycles. The summed E-state index contributed by atoms with van der Waals surface area (Å²) in [6, 6.07) is 11.4. The zero-order chi connectivity index (χ0) is 19.1. The summed E-state index contributed by atoms with van der Waals surface area (Å²) >= 11 is 6.01. The van der Waals surface area contributed by atoms with E-state index in [0.717, 1.165) is 36.8 Å². The quantitative estimate of drug-likeness (QED) is 0.697. The van der Waals surface area contributed by atoms with Crippen LogP contribution >= 0.6 is 11.6 Å². The molecule has 1 fully saturated rings. The van der Waals surface area contributed by atoms with Gasteiger partial charge in [-0.2, -0.15) is 0 Å². The van der Waals surface area contributed by atoms with E-state index in [1.54, 1.807) is 13.3 Å². The number of benzene rings is 1. The van der Waals surface area contributed by atoms with E-state index in [2.05, 4.69) is 10.3 Å². The Morgan fingerprint density at radius 3 is 2.52 bits per heavy atom. The summed E-state index contributed by atoms with van der Waals surface area (Å²) in [5.41, 5.74) is 1.52. The van der Waals surface area contributed by atoms with Crippen LogP contribution in [0.15, 0.2) is 42.6 Å². The maximum atomic E-state index is 13.1. The van der Waals surface area contributed by atoms with Crippen molar-refractivity contribution in [3.05, 3.63) is 58.7 Å². The molecular weight excluding hydrogens is 364 g/mol. The van der Waals surface area contributed by atoms with Crippen molar-refractivity contribution in [2.75, 3.05) is 20.3 Å². The van der Waals surface area contributed by atoms with Gasteiger partial charge in [-0.15, -0.1) is 0 Å². The van der Waals surface area contributed by atoms with Crippen molar-refractivity contribution in [1.29, 1.82) is 0 Å². The molecule has 144 valence electrons. The van der Waals surface area contributed by atoms with Crippen LogP contribution < -0.4 is 10.1 Å². The number of halogens is 1. The normalized spacial score (nSPS) is 15.5. The molecule has 27 heavy (non-hydrogen) atoms. The molecule has 1 aliphatic carbocycles. The van der Waals surface area contributed by atoms with Gasteiger partial charge in [0, 0.05) is 30.9 Å². The number of carbonyl (C=O) groups is 1. The van der Waals surface area contributed by atoms with Crippen LogP contribution in [0.4, 0.5) is 0 Å². The summed E-state index contributed by atoms with van der Waals surface area (Å²) in [6.45, 7) is 1.43. The van der Waals surface area contributed by atoms with E-state index in [0.29, 0.717) is 30.7 Å². The molecule has 6 heteroatoms. The second-order valence-electron chi connectivity index (χ2n) is 6.82. The lowest BCUT2D eigenvalue weighted by Gasteiger charge is -2.28. The third-order valence-corrected chi connectivity index (χ3v) is 5.33. The van der Waals surface area contributed by atoms with Gasteiger partial charge in [0.05, 0.1) is 12.0 Å². The third kappa shape index (κ3) is 4.79. The molecule has 0 aliphatic heterocycles. The maximum Gasteiger partial charge on any atom is 0.230 e. The number of carbonyl (C=O) groups excluding carboxylic acids is 1. The van der Waals surface area contributed by atoms with E-state index >= 15 is 0 Å². The number of aromatic nitrogens is 1. The van der Waals surface area contributed by atoms with Crippen LogP contribution in [0.1, 0.15) is 36.8 Å². The van der Waals surface area contributed by atoms with Crippen molar-refractivity contribution in [2.24, 2.45) is 0 Å². The molecule has 1 aliphatic rings. The van der Waals surface area contributed by atoms with Gasteiger partial charge in [-0.1, -0.05) is 42.6 Å². The van der Waals surface area contributed by atoms with E-state index in [1.165, 1.54) is 0 Å². The average Bonchev–Trinajstić information content (AvgIpc) is 3.19. The molecule has 5 nitrogen and oxygen atoms in total. The van der Waals surface area contributed by atoms with Gasteiger partial charge < -0.3 is 14.8 Å². The van der Waals surface area contributed by atoms with Crippen molar-refractivity contribution in [1.82, 2.24) is 10.3 Å². The van der Waals surface area contributed by atoms with Gasteiger partial charge in [0.1, 0.15) is 6.61 Å². The molecule has 0 spiro atoms. The Bertz CT molecular complexity index is 741. The minimum atomic E-state index is -0.457. The molecule has 1 saturated carbocycles. The average molecular weight is 389 g/mol. The van der Waals surface area contributed by atoms with Crippen LogP contribution in [0, 0.1) is 0 Å². The number of ether oxygens (including phenoxy) is 2. The van der Waals surface area contributed by atoms with Gasteiger partial charge in [0.15, 0.2) is 0 Å². The lowest BCUT2D eigenvalue weighted by molar-refractivity contribution is -0.126. The predicted molar refractivity (Wildman–Crippen MR) is 105 cm³/mol. The predicted octanol–water partition coefficient (Wildman–Crippen LogP) is 3.89. The number of methoxy groups -OCH3 is 1. The Morgan fingerprint density at radius 2 is 1.89 bits per heavy atom. The first kappa shape index (κ1) is 19.6. The molecule has 1 heterocycles. The zero-order valence-corrected chi connectivity index (χ0v) is 16.3. The summed E-state index contributed by atoms with van der Waals surface area (Å²) < 4.78 is 10.4. The van der Waals surface area contributed by atoms with Crippen LogP contribution in [0.25, 0.3) is 0 Å². The van der Waals surface area contributed by atoms with E-state index in [4.69, 9.17) is 21.1 Å². The summed E-state index contributed by atoms with van der Waals surface area (Å²) in [7, 11) is 1.63. The third-order valence-electron chi connectivity index (χ3n) is 5.08. The fourth-order valence-corrected chi connectivity index (χ4v) is 3.70. The van der Waals surface area contributed by atoms with Crippen molar-refractivity contribution < 1.29 is 14.3 Å². The summed E-state index contributed by atoms with van der Waals surface area (Å²) in [5, 5.41) is 3.78. The van der Waals surface area contributed by atoms with Crippen LogP contribution in [-0.2, 0) is 21.5 Å². The van der Waals surface area contributed by atoms with Gasteiger partial charge in [0.25, 0.3) is 0 Å². The lowest BCUT2D eigenvalue weighted by atomic mass is 9.78. The van der Waals surface area contributed by atoms with E-state index < -0.39 is 5.41 Å². The fraction of sp³-hybridized carbons (Fsp3) is 0.429. The summed E-state index contributed by atoms with van der Waals surface area (Å²) in [4.78, 5) is 17.3. The molecule has 0 atom stereocenters. The van der Waals surface area contributed by atoms with E-state index in [1.807, 2.05) is 36.4 Å². The zero-order valence-electron chi connectivity index (χ0n) is 15.5. The number of hydrogen-bond acceptors (Lipinski definition) is 4. The van der Waals surface area contributed by atoms with Crippen molar-refractivity contribution in [3.63, 3.8) is 0 Å². The van der Waals surface area contributed by atoms with Crippen LogP contribution in [0.2, 0.25) is 5.02 Å². The molecule has 0 unspecified atom stereocenters. The minimum absolute atomic E-state index is 0.0720. The smallest absolute Gasteiger partial charge is 0.230 e. The number of pyridine rings is 1. The lowest BCUT2D eigenvalue weighted by Crippen LogP contribution is -2.42. The summed E-state index contributed by atoms with van der Waals surface area (Å²) in [6.07, 6.45) is 5.58. The van der Waals surface area contributed by atoms with Gasteiger partial charge in [-0.25, -0.2) is 4.98 Å². The first-order valence-corrected chi connectivity index (χ1v) is 9.63. The second-order valence-corrected chi connectivity index (χ2v) is 7.26. The van der Waals surface area contributed by atoms with E-state index in [-0.39, 0.29) is 5.91 Å². The molecule has 0 radical (unpaired) electrons. The Balaban J connectivity index is 1.62. The van der Waals surface area contributed by atoms with Gasteiger partial charge in [-0.3, -0.25) is 4.79 Å². The van der Waals surface area contributed by atoms with Crippen LogP contribution in [0.3, 0.4) is 0 Å². The molecule has 0 bridgehead atoms. The first-order chi connectivity index (χ1) is 13.1. The molecule has 0 saturated heterocycles. The largest absolute Gasteiger partial charge is 0.475 e. The van der Waals surface area contributed by atoms with Crippen molar-refractivity contribution in [3.8, 4) is 5.88 Å². The first-order valence-electron chi connectivity index (χ1n) is 9.25. The SMILES string of the molecule is COCCOc1ccc(CNC(=O)C2(c3ccc(Cl)cc3)CCCC2)cn1. The highest BCUT2D eigenvalue weighted by Gasteiger charge is 2.42. The Morgan fingerprint density at radius 1 is 1.15 bits per heavy atom. The molecule has 1 N–H and O–H groups in total. The highest BCUT2D eigenvalue weighted by molar-refractivity contribution is 6.30. The number of nitrogens with zero attached hydrogens (tertiary/aromatic N) is 1. The standard InChI is InChI=1S/C21H25ClN2O3/c1-26-12-13-27-19-9-4-16(14-23-19)15-24-20(25)21(10-2-3-11-21)17-5-7-18(22)8-6-17/h4-9,14H,2-3,10-13,15H2,1H3,(H,24,25). The van der Waals surface area contributed by atoms with Gasteiger partial charge >= 0.3 is 0 Å². The number of hydrogen-bond donors (Lipinski definition) is 1. The van der Waals surface area contributed by atoms with E-state index in [9.17, 15) is 4.79 Å². The van der Waals surface area contributed by atoms with Crippen molar-refractivity contribution in [2.45, 2.75) is 37.6 Å². The topological polar surface area (TPSA) is 60.5 Å². The highest BCUT2D eigenvalue weighted by atomic mass is 35.5. The molecule has 1 aromatic carbocycles. The Kier molecular flexibility index (Phi) is 6.69. The monoisotopic (exact) mass is 388 g/mol. The van der Waals surface area contributed by atoms with Crippen LogP contribution in [0.5, 0.6) is 5.88 Å². The highest BCUT2D eigenvalue weighted by Crippen LogP contribution is 2.41. The second kappa shape index (κ2) is 9.20. The summed E-state index contributed by atoms with van der Waals surface area (Å²) in [5.74, 6) is 0.623. The van der Waals surface area contributed by atoms with Gasteiger partial charge in [0.2, 0.25) is 11.8 Å². The number of rotatable bonds is 8. The molecule has 3 rings (SSSR count).